The highest BCUT2D eigenvalue weighted by atomic mass is 16.4. The quantitative estimate of drug-likeness (QED) is 0.201. The first-order chi connectivity index (χ1) is 21.4. The van der Waals surface area contributed by atoms with Gasteiger partial charge in [-0.05, 0) is 65.6 Å². The largest absolute Gasteiger partial charge is 0.481 e. The number of oxazole rings is 1. The molecular formula is C34H31N5O5. The summed E-state index contributed by atoms with van der Waals surface area (Å²) in [4.78, 5) is 47.9. The molecule has 0 radical (unpaired) electrons. The molecule has 0 saturated carbocycles. The molecule has 222 valence electrons. The van der Waals surface area contributed by atoms with Crippen LogP contribution in [0.4, 0.5) is 17.4 Å². The zero-order valence-electron chi connectivity index (χ0n) is 24.1. The molecule has 2 aromatic heterocycles. The summed E-state index contributed by atoms with van der Waals surface area (Å²) in [5.41, 5.74) is 6.00. The Morgan fingerprint density at radius 2 is 1.75 bits per heavy atom. The van der Waals surface area contributed by atoms with Crippen molar-refractivity contribution in [1.82, 2.24) is 14.9 Å². The van der Waals surface area contributed by atoms with Gasteiger partial charge in [0.2, 0.25) is 5.91 Å². The van der Waals surface area contributed by atoms with Crippen LogP contribution >= 0.6 is 0 Å². The number of aryl methyl sites for hydroxylation is 1. The first kappa shape index (κ1) is 28.6. The van der Waals surface area contributed by atoms with Crippen LogP contribution in [0.2, 0.25) is 0 Å². The Morgan fingerprint density at radius 3 is 2.50 bits per heavy atom. The number of carboxylic acids is 1. The van der Waals surface area contributed by atoms with Gasteiger partial charge in [-0.2, -0.15) is 4.98 Å². The summed E-state index contributed by atoms with van der Waals surface area (Å²) in [5, 5.41) is 16.0. The van der Waals surface area contributed by atoms with Crippen LogP contribution in [-0.4, -0.2) is 50.8 Å². The number of hydrogen-bond donors (Lipinski definition) is 3. The fraction of sp³-hybridized carbons (Fsp3) is 0.206. The molecular weight excluding hydrogens is 558 g/mol. The molecule has 0 spiro atoms. The number of amides is 2. The van der Waals surface area contributed by atoms with E-state index in [9.17, 15) is 19.5 Å². The minimum Gasteiger partial charge on any atom is -0.481 e. The maximum absolute atomic E-state index is 12.9. The zero-order valence-corrected chi connectivity index (χ0v) is 24.1. The third-order valence-corrected chi connectivity index (χ3v) is 7.93. The molecule has 10 nitrogen and oxygen atoms in total. The second kappa shape index (κ2) is 12.4. The first-order valence-electron chi connectivity index (χ1n) is 14.4. The number of aromatic nitrogens is 2. The number of aliphatic carboxylic acids is 1. The van der Waals surface area contributed by atoms with Crippen LogP contribution in [-0.2, 0) is 22.4 Å². The van der Waals surface area contributed by atoms with E-state index in [1.165, 1.54) is 12.4 Å². The smallest absolute Gasteiger partial charge is 0.308 e. The number of nitrogens with zero attached hydrogens (tertiary/aromatic N) is 3. The Labute approximate surface area is 253 Å². The summed E-state index contributed by atoms with van der Waals surface area (Å²) in [5.74, 6) is -2.47. The fourth-order valence-corrected chi connectivity index (χ4v) is 5.64. The van der Waals surface area contributed by atoms with Crippen molar-refractivity contribution < 1.29 is 23.9 Å². The molecule has 6 rings (SSSR count). The average Bonchev–Trinajstić information content (AvgIpc) is 3.66. The van der Waals surface area contributed by atoms with Gasteiger partial charge >= 0.3 is 5.97 Å². The topological polar surface area (TPSA) is 138 Å². The molecule has 5 aromatic rings. The van der Waals surface area contributed by atoms with E-state index in [0.29, 0.717) is 28.4 Å². The molecule has 3 aromatic carbocycles. The van der Waals surface area contributed by atoms with E-state index < -0.39 is 11.9 Å². The summed E-state index contributed by atoms with van der Waals surface area (Å²) in [6.45, 7) is 2.50. The van der Waals surface area contributed by atoms with Gasteiger partial charge in [0, 0.05) is 48.3 Å². The number of fused-ring (bicyclic) bond motifs is 1. The number of benzene rings is 3. The van der Waals surface area contributed by atoms with Gasteiger partial charge in [0.15, 0.2) is 5.58 Å². The van der Waals surface area contributed by atoms with Crippen molar-refractivity contribution in [3.63, 3.8) is 0 Å². The van der Waals surface area contributed by atoms with Gasteiger partial charge in [0.05, 0.1) is 12.3 Å². The molecule has 0 aliphatic carbocycles. The van der Waals surface area contributed by atoms with Gasteiger partial charge in [0.25, 0.3) is 11.9 Å². The SMILES string of the molecule is CCc1ccccc1Nc1nc2ccc(CC(=O)Nc3ccc(C4CN(C(=O)c5ccncc5)CC4C(=O)O)cc3)cc2o1. The fourth-order valence-electron chi connectivity index (χ4n) is 5.64. The van der Waals surface area contributed by atoms with Crippen LogP contribution < -0.4 is 10.6 Å². The summed E-state index contributed by atoms with van der Waals surface area (Å²) in [7, 11) is 0. The van der Waals surface area contributed by atoms with E-state index in [0.717, 1.165) is 28.8 Å². The molecule has 2 atom stereocenters. The van der Waals surface area contributed by atoms with Gasteiger partial charge in [-0.15, -0.1) is 0 Å². The molecule has 2 amide bonds. The summed E-state index contributed by atoms with van der Waals surface area (Å²) < 4.78 is 5.92. The molecule has 1 saturated heterocycles. The Kier molecular flexibility index (Phi) is 8.05. The van der Waals surface area contributed by atoms with Crippen LogP contribution in [0, 0.1) is 5.92 Å². The molecule has 0 bridgehead atoms. The number of hydrogen-bond acceptors (Lipinski definition) is 7. The molecule has 2 unspecified atom stereocenters. The number of anilines is 3. The van der Waals surface area contributed by atoms with E-state index >= 15 is 0 Å². The van der Waals surface area contributed by atoms with Crippen molar-refractivity contribution in [2.45, 2.75) is 25.7 Å². The van der Waals surface area contributed by atoms with Crippen molar-refractivity contribution >= 4 is 46.3 Å². The maximum Gasteiger partial charge on any atom is 0.308 e. The number of nitrogens with one attached hydrogen (secondary N) is 2. The lowest BCUT2D eigenvalue weighted by atomic mass is 9.89. The van der Waals surface area contributed by atoms with Crippen LogP contribution in [0.15, 0.2) is 95.7 Å². The lowest BCUT2D eigenvalue weighted by Gasteiger charge is -2.17. The van der Waals surface area contributed by atoms with Gasteiger partial charge in [-0.25, -0.2) is 0 Å². The Bertz CT molecular complexity index is 1820. The van der Waals surface area contributed by atoms with E-state index in [1.54, 1.807) is 29.2 Å². The monoisotopic (exact) mass is 589 g/mol. The Morgan fingerprint density at radius 1 is 0.977 bits per heavy atom. The van der Waals surface area contributed by atoms with Gasteiger partial charge < -0.3 is 25.1 Å². The molecule has 1 aliphatic heterocycles. The van der Waals surface area contributed by atoms with E-state index in [4.69, 9.17) is 4.42 Å². The Hall–Kier alpha value is -5.51. The van der Waals surface area contributed by atoms with Crippen LogP contribution in [0.5, 0.6) is 0 Å². The summed E-state index contributed by atoms with van der Waals surface area (Å²) in [6, 6.07) is 24.2. The predicted octanol–water partition coefficient (Wildman–Crippen LogP) is 5.65. The van der Waals surface area contributed by atoms with E-state index in [-0.39, 0.29) is 37.2 Å². The van der Waals surface area contributed by atoms with Gasteiger partial charge in [0.1, 0.15) is 5.52 Å². The molecule has 1 aliphatic rings. The lowest BCUT2D eigenvalue weighted by molar-refractivity contribution is -0.141. The average molecular weight is 590 g/mol. The van der Waals surface area contributed by atoms with Crippen molar-refractivity contribution in [2.75, 3.05) is 23.7 Å². The zero-order chi connectivity index (χ0) is 30.6. The van der Waals surface area contributed by atoms with Crippen molar-refractivity contribution in [2.24, 2.45) is 5.92 Å². The van der Waals surface area contributed by atoms with E-state index in [1.807, 2.05) is 48.5 Å². The second-order valence-corrected chi connectivity index (χ2v) is 10.8. The summed E-state index contributed by atoms with van der Waals surface area (Å²) in [6.07, 6.45) is 4.09. The second-order valence-electron chi connectivity index (χ2n) is 10.8. The predicted molar refractivity (Wildman–Crippen MR) is 166 cm³/mol. The standard InChI is InChI=1S/C34H31N5O5/c1-2-22-5-3-4-6-28(22)37-34-38-29-12-7-21(17-30(29)44-34)18-31(40)36-25-10-8-23(9-11-25)26-19-39(20-27(26)33(42)43)32(41)24-13-15-35-16-14-24/h3-17,26-27H,2,18-20H2,1H3,(H,36,40)(H,37,38)(H,42,43). The number of carbonyl (C=O) groups excluding carboxylic acids is 2. The van der Waals surface area contributed by atoms with Crippen LogP contribution in [0.1, 0.15) is 39.9 Å². The lowest BCUT2D eigenvalue weighted by Crippen LogP contribution is -2.29. The van der Waals surface area contributed by atoms with Crippen LogP contribution in [0.25, 0.3) is 11.1 Å². The molecule has 10 heteroatoms. The number of para-hydroxylation sites is 1. The highest BCUT2D eigenvalue weighted by Gasteiger charge is 2.40. The minimum atomic E-state index is -0.949. The third-order valence-electron chi connectivity index (χ3n) is 7.93. The Balaban J connectivity index is 1.09. The highest BCUT2D eigenvalue weighted by Crippen LogP contribution is 2.34. The number of carboxylic acid groups (broad SMARTS) is 1. The van der Waals surface area contributed by atoms with Gasteiger partial charge in [-0.1, -0.05) is 43.3 Å². The van der Waals surface area contributed by atoms with Crippen molar-refractivity contribution in [1.29, 1.82) is 0 Å². The summed E-state index contributed by atoms with van der Waals surface area (Å²) >= 11 is 0. The number of likely N-dealkylation sites (tertiary alicyclic amines) is 1. The van der Waals surface area contributed by atoms with Gasteiger partial charge in [-0.3, -0.25) is 19.4 Å². The van der Waals surface area contributed by atoms with Crippen molar-refractivity contribution in [3.8, 4) is 0 Å². The maximum atomic E-state index is 12.9. The molecule has 44 heavy (non-hydrogen) atoms. The number of rotatable bonds is 9. The highest BCUT2D eigenvalue weighted by molar-refractivity contribution is 5.95. The minimum absolute atomic E-state index is 0.124. The third kappa shape index (κ3) is 6.14. The first-order valence-corrected chi connectivity index (χ1v) is 14.4. The molecule has 3 N–H and O–H groups in total. The number of pyridine rings is 1. The molecule has 3 heterocycles. The van der Waals surface area contributed by atoms with Crippen LogP contribution in [0.3, 0.4) is 0 Å². The molecule has 1 fully saturated rings. The van der Waals surface area contributed by atoms with Crippen molar-refractivity contribution in [3.05, 3.63) is 114 Å². The van der Waals surface area contributed by atoms with E-state index in [2.05, 4.69) is 33.6 Å². The number of carbonyl (C=O) groups is 3. The normalized spacial score (nSPS) is 16.2.